The van der Waals surface area contributed by atoms with Gasteiger partial charge in [0.25, 0.3) is 0 Å². The standard InChI is InChI=1S/C44H26N8/c1-5-27-7-3-11-35-37(27)33(9-1)49-25-51(35)31-17-13-29(14-18-31)39-41-43(47-23-21-45-41)40(44-42(39)46-22-24-48-44)30-15-19-32(20-16-30)52-26-50-34-10-2-6-28-8-4-12-36(52)38(28)34/h1-26H. The van der Waals surface area contributed by atoms with Gasteiger partial charge >= 0.3 is 0 Å². The number of hydrogen-bond donors (Lipinski definition) is 0. The van der Waals surface area contributed by atoms with E-state index in [1.54, 1.807) is 24.8 Å². The van der Waals surface area contributed by atoms with E-state index in [0.29, 0.717) is 0 Å². The first-order valence-electron chi connectivity index (χ1n) is 17.1. The van der Waals surface area contributed by atoms with E-state index in [0.717, 1.165) is 89.2 Å². The SMILES string of the molecule is C1=Nc2cccc3cccc(c23)N1c1ccc(-c2c3nccnc3c(-c3ccc(N4C=Nc5cccc6cccc4c56)cc3)c3nccnc23)cc1. The zero-order chi connectivity index (χ0) is 34.2. The van der Waals surface area contributed by atoms with Crippen LogP contribution in [0.2, 0.25) is 0 Å². The summed E-state index contributed by atoms with van der Waals surface area (Å²) < 4.78 is 0. The molecule has 7 aromatic carbocycles. The van der Waals surface area contributed by atoms with Gasteiger partial charge in [-0.05, 0) is 70.4 Å². The topological polar surface area (TPSA) is 82.8 Å². The Balaban J connectivity index is 1.01. The Hall–Kier alpha value is -7.32. The van der Waals surface area contributed by atoms with Crippen molar-refractivity contribution in [3.8, 4) is 22.3 Å². The van der Waals surface area contributed by atoms with Crippen LogP contribution in [0.15, 0.2) is 156 Å². The molecule has 9 aromatic rings. The van der Waals surface area contributed by atoms with Crippen molar-refractivity contribution in [2.45, 2.75) is 0 Å². The van der Waals surface area contributed by atoms with E-state index in [1.807, 2.05) is 12.7 Å². The maximum atomic E-state index is 4.90. The molecule has 0 radical (unpaired) electrons. The molecule has 0 saturated carbocycles. The second kappa shape index (κ2) is 11.1. The van der Waals surface area contributed by atoms with Crippen molar-refractivity contribution in [1.82, 2.24) is 19.9 Å². The summed E-state index contributed by atoms with van der Waals surface area (Å²) in [7, 11) is 0. The predicted molar refractivity (Wildman–Crippen MR) is 212 cm³/mol. The molecule has 2 aliphatic heterocycles. The van der Waals surface area contributed by atoms with Crippen LogP contribution in [0.1, 0.15) is 0 Å². The maximum Gasteiger partial charge on any atom is 0.100 e. The first-order valence-corrected chi connectivity index (χ1v) is 17.1. The van der Waals surface area contributed by atoms with Crippen molar-refractivity contribution in [1.29, 1.82) is 0 Å². The van der Waals surface area contributed by atoms with E-state index in [1.165, 1.54) is 10.8 Å². The Kier molecular flexibility index (Phi) is 6.08. The van der Waals surface area contributed by atoms with Crippen molar-refractivity contribution < 1.29 is 0 Å². The van der Waals surface area contributed by atoms with Crippen LogP contribution in [-0.4, -0.2) is 32.6 Å². The Morgan fingerprint density at radius 1 is 0.365 bits per heavy atom. The highest BCUT2D eigenvalue weighted by Crippen LogP contribution is 2.44. The molecule has 4 heterocycles. The van der Waals surface area contributed by atoms with Gasteiger partial charge in [0, 0.05) is 58.1 Å². The lowest BCUT2D eigenvalue weighted by molar-refractivity contribution is 1.27. The smallest absolute Gasteiger partial charge is 0.100 e. The van der Waals surface area contributed by atoms with Crippen LogP contribution in [0.25, 0.3) is 65.9 Å². The van der Waals surface area contributed by atoms with Crippen LogP contribution in [0.4, 0.5) is 34.1 Å². The van der Waals surface area contributed by atoms with Gasteiger partial charge in [0.05, 0.1) is 44.8 Å². The van der Waals surface area contributed by atoms with Crippen LogP contribution in [-0.2, 0) is 0 Å². The quantitative estimate of drug-likeness (QED) is 0.174. The fraction of sp³-hybridized carbons (Fsp3) is 0. The van der Waals surface area contributed by atoms with Crippen molar-refractivity contribution in [3.63, 3.8) is 0 Å². The summed E-state index contributed by atoms with van der Waals surface area (Å²) in [6.07, 6.45) is 10.8. The predicted octanol–water partition coefficient (Wildman–Crippen LogP) is 10.8. The first kappa shape index (κ1) is 28.5. The summed E-state index contributed by atoms with van der Waals surface area (Å²) in [5.74, 6) is 0. The summed E-state index contributed by atoms with van der Waals surface area (Å²) >= 11 is 0. The fourth-order valence-electron chi connectivity index (χ4n) is 7.75. The monoisotopic (exact) mass is 666 g/mol. The summed E-state index contributed by atoms with van der Waals surface area (Å²) in [6.45, 7) is 0. The average Bonchev–Trinajstić information content (AvgIpc) is 3.21. The Morgan fingerprint density at radius 2 is 0.731 bits per heavy atom. The van der Waals surface area contributed by atoms with Gasteiger partial charge in [-0.25, -0.2) is 9.98 Å². The van der Waals surface area contributed by atoms with Gasteiger partial charge in [-0.15, -0.1) is 0 Å². The molecule has 0 aliphatic carbocycles. The highest BCUT2D eigenvalue weighted by Gasteiger charge is 2.23. The van der Waals surface area contributed by atoms with Gasteiger partial charge in [0.1, 0.15) is 12.7 Å². The second-order valence-electron chi connectivity index (χ2n) is 12.9. The molecule has 2 aliphatic rings. The number of anilines is 4. The molecule has 0 unspecified atom stereocenters. The summed E-state index contributed by atoms with van der Waals surface area (Å²) in [5.41, 5.74) is 13.0. The van der Waals surface area contributed by atoms with Crippen LogP contribution < -0.4 is 9.80 Å². The molecule has 2 aromatic heterocycles. The summed E-state index contributed by atoms with van der Waals surface area (Å²) in [4.78, 5) is 33.4. The largest absolute Gasteiger partial charge is 0.300 e. The molecule has 0 amide bonds. The zero-order valence-corrected chi connectivity index (χ0v) is 27.6. The third-order valence-corrected chi connectivity index (χ3v) is 10.1. The third kappa shape index (κ3) is 4.21. The van der Waals surface area contributed by atoms with Crippen LogP contribution >= 0.6 is 0 Å². The first-order chi connectivity index (χ1) is 25.8. The van der Waals surface area contributed by atoms with Crippen LogP contribution in [0.5, 0.6) is 0 Å². The number of benzene rings is 7. The average molecular weight is 667 g/mol. The number of nitrogens with zero attached hydrogens (tertiary/aromatic N) is 8. The summed E-state index contributed by atoms with van der Waals surface area (Å²) in [6, 6.07) is 42.1. The molecular weight excluding hydrogens is 641 g/mol. The lowest BCUT2D eigenvalue weighted by Gasteiger charge is -2.26. The van der Waals surface area contributed by atoms with Crippen LogP contribution in [0, 0.1) is 0 Å². The van der Waals surface area contributed by atoms with Crippen molar-refractivity contribution >= 4 is 90.4 Å². The van der Waals surface area contributed by atoms with E-state index in [9.17, 15) is 0 Å². The van der Waals surface area contributed by atoms with E-state index in [4.69, 9.17) is 29.9 Å². The van der Waals surface area contributed by atoms with E-state index >= 15 is 0 Å². The van der Waals surface area contributed by atoms with Gasteiger partial charge in [0.2, 0.25) is 0 Å². The third-order valence-electron chi connectivity index (χ3n) is 10.1. The lowest BCUT2D eigenvalue weighted by Crippen LogP contribution is -2.16. The second-order valence-corrected chi connectivity index (χ2v) is 12.9. The number of rotatable bonds is 4. The number of fused-ring (bicyclic) bond motifs is 2. The van der Waals surface area contributed by atoms with Gasteiger partial charge in [-0.1, -0.05) is 72.8 Å². The minimum atomic E-state index is 0.770. The molecule has 8 heteroatoms. The molecule has 0 N–H and O–H groups in total. The van der Waals surface area contributed by atoms with Gasteiger partial charge in [-0.3, -0.25) is 19.9 Å². The molecule has 11 rings (SSSR count). The van der Waals surface area contributed by atoms with Crippen LogP contribution in [0.3, 0.4) is 0 Å². The van der Waals surface area contributed by atoms with Crippen molar-refractivity contribution in [2.24, 2.45) is 9.98 Å². The Bertz CT molecular complexity index is 2700. The molecule has 0 bridgehead atoms. The van der Waals surface area contributed by atoms with E-state index in [2.05, 4.69) is 131 Å². The van der Waals surface area contributed by atoms with Gasteiger partial charge in [0.15, 0.2) is 0 Å². The van der Waals surface area contributed by atoms with Crippen molar-refractivity contribution in [3.05, 3.63) is 146 Å². The van der Waals surface area contributed by atoms with Crippen molar-refractivity contribution in [2.75, 3.05) is 9.80 Å². The molecule has 242 valence electrons. The Morgan fingerprint density at radius 3 is 1.12 bits per heavy atom. The van der Waals surface area contributed by atoms with E-state index < -0.39 is 0 Å². The highest BCUT2D eigenvalue weighted by atomic mass is 15.2. The Labute approximate surface area is 297 Å². The molecule has 0 spiro atoms. The number of aromatic nitrogens is 4. The molecule has 8 nitrogen and oxygen atoms in total. The van der Waals surface area contributed by atoms with Gasteiger partial charge < -0.3 is 9.80 Å². The number of aliphatic imine (C=N–C) groups is 2. The van der Waals surface area contributed by atoms with Gasteiger partial charge in [-0.2, -0.15) is 0 Å². The summed E-state index contributed by atoms with van der Waals surface area (Å²) in [5, 5.41) is 4.63. The van der Waals surface area contributed by atoms with E-state index in [-0.39, 0.29) is 0 Å². The number of hydrogen-bond acceptors (Lipinski definition) is 8. The molecule has 0 fully saturated rings. The minimum absolute atomic E-state index is 0.770. The molecule has 0 saturated heterocycles. The molecular formula is C44H26N8. The lowest BCUT2D eigenvalue weighted by atomic mass is 9.94. The normalized spacial score (nSPS) is 13.2. The molecule has 0 atom stereocenters. The fourth-order valence-corrected chi connectivity index (χ4v) is 7.75. The minimum Gasteiger partial charge on any atom is -0.300 e. The molecule has 52 heavy (non-hydrogen) atoms. The maximum absolute atomic E-state index is 4.90. The zero-order valence-electron chi connectivity index (χ0n) is 27.6. The highest BCUT2D eigenvalue weighted by molar-refractivity contribution is 6.17.